The second kappa shape index (κ2) is 5.24. The third-order valence-electron chi connectivity index (χ3n) is 2.78. The van der Waals surface area contributed by atoms with Gasteiger partial charge in [-0.05, 0) is 30.2 Å². The highest BCUT2D eigenvalue weighted by molar-refractivity contribution is 8.00. The third-order valence-corrected chi connectivity index (χ3v) is 4.65. The van der Waals surface area contributed by atoms with Crippen molar-refractivity contribution in [3.05, 3.63) is 34.9 Å². The Balaban J connectivity index is 1.99. The Morgan fingerprint density at radius 3 is 2.93 bits per heavy atom. The van der Waals surface area contributed by atoms with Crippen LogP contribution in [0.25, 0.3) is 0 Å². The molecule has 0 aliphatic carbocycles. The van der Waals surface area contributed by atoms with Gasteiger partial charge in [-0.15, -0.1) is 0 Å². The molecule has 0 aromatic heterocycles. The van der Waals surface area contributed by atoms with Gasteiger partial charge in [0.05, 0.1) is 6.10 Å². The molecule has 2 rings (SSSR count). The van der Waals surface area contributed by atoms with Crippen LogP contribution < -0.4 is 0 Å². The number of hydrogen-bond donors (Lipinski definition) is 1. The summed E-state index contributed by atoms with van der Waals surface area (Å²) in [6, 6.07) is 7.76. The van der Waals surface area contributed by atoms with E-state index in [0.717, 1.165) is 17.0 Å². The minimum Gasteiger partial charge on any atom is -0.392 e. The molecule has 1 aromatic rings. The van der Waals surface area contributed by atoms with Crippen LogP contribution in [0.1, 0.15) is 18.4 Å². The Kier molecular flexibility index (Phi) is 3.95. The lowest BCUT2D eigenvalue weighted by Crippen LogP contribution is -2.23. The summed E-state index contributed by atoms with van der Waals surface area (Å²) >= 11 is 7.94. The van der Waals surface area contributed by atoms with Gasteiger partial charge in [0.25, 0.3) is 0 Å². The molecule has 3 heteroatoms. The molecule has 0 spiro atoms. The number of aliphatic hydroxyl groups is 1. The fourth-order valence-electron chi connectivity index (χ4n) is 1.93. The van der Waals surface area contributed by atoms with Crippen LogP contribution in [0.5, 0.6) is 0 Å². The van der Waals surface area contributed by atoms with Crippen molar-refractivity contribution < 1.29 is 5.11 Å². The fraction of sp³-hybridized carbons (Fsp3) is 0.500. The molecule has 1 saturated heterocycles. The number of rotatable bonds is 3. The summed E-state index contributed by atoms with van der Waals surface area (Å²) in [6.45, 7) is 0. The van der Waals surface area contributed by atoms with Crippen LogP contribution in [0.4, 0.5) is 0 Å². The number of hydrogen-bond acceptors (Lipinski definition) is 2. The highest BCUT2D eigenvalue weighted by atomic mass is 35.5. The lowest BCUT2D eigenvalue weighted by atomic mass is 10.0. The van der Waals surface area contributed by atoms with Crippen LogP contribution >= 0.6 is 23.4 Å². The first kappa shape index (κ1) is 11.3. The number of halogens is 1. The van der Waals surface area contributed by atoms with Gasteiger partial charge in [0.2, 0.25) is 0 Å². The molecule has 82 valence electrons. The van der Waals surface area contributed by atoms with E-state index in [0.29, 0.717) is 11.7 Å². The summed E-state index contributed by atoms with van der Waals surface area (Å²) in [5.74, 6) is 1.18. The molecule has 1 N–H and O–H groups in total. The highest BCUT2D eigenvalue weighted by Gasteiger charge is 2.24. The van der Waals surface area contributed by atoms with Crippen LogP contribution in [0, 0.1) is 0 Å². The van der Waals surface area contributed by atoms with Gasteiger partial charge in [-0.25, -0.2) is 0 Å². The van der Waals surface area contributed by atoms with E-state index in [2.05, 4.69) is 0 Å². The van der Waals surface area contributed by atoms with Gasteiger partial charge in [0.15, 0.2) is 0 Å². The van der Waals surface area contributed by atoms with E-state index in [4.69, 9.17) is 11.6 Å². The van der Waals surface area contributed by atoms with Gasteiger partial charge in [-0.1, -0.05) is 29.8 Å². The van der Waals surface area contributed by atoms with Crippen LogP contribution in [-0.4, -0.2) is 22.2 Å². The zero-order valence-electron chi connectivity index (χ0n) is 8.53. The molecule has 1 aliphatic heterocycles. The molecule has 15 heavy (non-hydrogen) atoms. The second-order valence-corrected chi connectivity index (χ2v) is 5.67. The predicted octanol–water partition coefficient (Wildman–Crippen LogP) is 3.14. The van der Waals surface area contributed by atoms with Crippen molar-refractivity contribution in [1.29, 1.82) is 0 Å². The molecule has 0 radical (unpaired) electrons. The van der Waals surface area contributed by atoms with Crippen molar-refractivity contribution in [3.63, 3.8) is 0 Å². The zero-order chi connectivity index (χ0) is 10.7. The van der Waals surface area contributed by atoms with Crippen molar-refractivity contribution >= 4 is 23.4 Å². The summed E-state index contributed by atoms with van der Waals surface area (Å²) < 4.78 is 0. The molecule has 0 bridgehead atoms. The summed E-state index contributed by atoms with van der Waals surface area (Å²) in [7, 11) is 0. The van der Waals surface area contributed by atoms with E-state index in [-0.39, 0.29) is 6.10 Å². The first-order valence-corrected chi connectivity index (χ1v) is 6.73. The average Bonchev–Trinajstić information content (AvgIpc) is 2.74. The van der Waals surface area contributed by atoms with Crippen molar-refractivity contribution in [3.8, 4) is 0 Å². The molecule has 2 unspecified atom stereocenters. The van der Waals surface area contributed by atoms with Gasteiger partial charge in [0, 0.05) is 16.7 Å². The quantitative estimate of drug-likeness (QED) is 0.879. The third kappa shape index (κ3) is 2.90. The van der Waals surface area contributed by atoms with Crippen molar-refractivity contribution in [2.24, 2.45) is 0 Å². The lowest BCUT2D eigenvalue weighted by molar-refractivity contribution is 0.170. The number of thioether (sulfide) groups is 1. The smallest absolute Gasteiger partial charge is 0.0699 e. The molecular formula is C12H15ClOS. The Bertz CT molecular complexity index is 323. The van der Waals surface area contributed by atoms with Gasteiger partial charge < -0.3 is 5.11 Å². The van der Waals surface area contributed by atoms with Crippen LogP contribution in [0.3, 0.4) is 0 Å². The second-order valence-electron chi connectivity index (χ2n) is 3.91. The first-order chi connectivity index (χ1) is 7.27. The Labute approximate surface area is 99.8 Å². The molecular weight excluding hydrogens is 228 g/mol. The summed E-state index contributed by atoms with van der Waals surface area (Å²) in [6.07, 6.45) is 2.79. The molecule has 0 saturated carbocycles. The Morgan fingerprint density at radius 2 is 2.27 bits per heavy atom. The van der Waals surface area contributed by atoms with E-state index in [1.54, 1.807) is 0 Å². The van der Waals surface area contributed by atoms with Crippen molar-refractivity contribution in [2.45, 2.75) is 30.6 Å². The van der Waals surface area contributed by atoms with Crippen LogP contribution in [0.2, 0.25) is 5.02 Å². The minimum absolute atomic E-state index is 0.252. The maximum absolute atomic E-state index is 10.0. The fourth-order valence-corrected chi connectivity index (χ4v) is 3.43. The van der Waals surface area contributed by atoms with Gasteiger partial charge in [-0.2, -0.15) is 11.8 Å². The summed E-state index contributed by atoms with van der Waals surface area (Å²) in [5.41, 5.74) is 1.05. The summed E-state index contributed by atoms with van der Waals surface area (Å²) in [5, 5.41) is 11.2. The van der Waals surface area contributed by atoms with Crippen molar-refractivity contribution in [1.82, 2.24) is 0 Å². The largest absolute Gasteiger partial charge is 0.392 e. The lowest BCUT2D eigenvalue weighted by Gasteiger charge is -2.17. The van der Waals surface area contributed by atoms with E-state index in [9.17, 15) is 5.11 Å². The Hall–Kier alpha value is -0.180. The topological polar surface area (TPSA) is 20.2 Å². The molecule has 0 amide bonds. The zero-order valence-corrected chi connectivity index (χ0v) is 10.1. The Morgan fingerprint density at radius 1 is 1.47 bits per heavy atom. The van der Waals surface area contributed by atoms with Gasteiger partial charge in [-0.3, -0.25) is 0 Å². The van der Waals surface area contributed by atoms with E-state index < -0.39 is 0 Å². The number of benzene rings is 1. The van der Waals surface area contributed by atoms with Gasteiger partial charge >= 0.3 is 0 Å². The SMILES string of the molecule is OC(Cc1ccccc1Cl)C1CCCS1. The average molecular weight is 243 g/mol. The maximum atomic E-state index is 10.0. The van der Waals surface area contributed by atoms with Crippen LogP contribution in [0.15, 0.2) is 24.3 Å². The van der Waals surface area contributed by atoms with E-state index in [1.165, 1.54) is 12.2 Å². The van der Waals surface area contributed by atoms with E-state index >= 15 is 0 Å². The monoisotopic (exact) mass is 242 g/mol. The molecule has 1 fully saturated rings. The molecule has 2 atom stereocenters. The van der Waals surface area contributed by atoms with Gasteiger partial charge in [0.1, 0.15) is 0 Å². The number of aliphatic hydroxyl groups excluding tert-OH is 1. The molecule has 1 heterocycles. The molecule has 1 aliphatic rings. The molecule has 1 nitrogen and oxygen atoms in total. The predicted molar refractivity (Wildman–Crippen MR) is 66.6 cm³/mol. The maximum Gasteiger partial charge on any atom is 0.0699 e. The van der Waals surface area contributed by atoms with E-state index in [1.807, 2.05) is 36.0 Å². The standard InChI is InChI=1S/C12H15ClOS/c13-10-5-2-1-4-9(10)8-11(14)12-6-3-7-15-12/h1-2,4-5,11-12,14H,3,6-8H2. The highest BCUT2D eigenvalue weighted by Crippen LogP contribution is 2.30. The summed E-state index contributed by atoms with van der Waals surface area (Å²) in [4.78, 5) is 0. The first-order valence-electron chi connectivity index (χ1n) is 5.30. The normalized spacial score (nSPS) is 22.9. The molecule has 1 aromatic carbocycles. The van der Waals surface area contributed by atoms with Crippen molar-refractivity contribution in [2.75, 3.05) is 5.75 Å². The van der Waals surface area contributed by atoms with Crippen LogP contribution in [-0.2, 0) is 6.42 Å². The minimum atomic E-state index is -0.252.